The number of esters is 2. The minimum absolute atomic E-state index is 0.175. The van der Waals surface area contributed by atoms with Gasteiger partial charge in [-0.25, -0.2) is 4.79 Å². The molecule has 0 N–H and O–H groups in total. The van der Waals surface area contributed by atoms with E-state index in [9.17, 15) is 9.59 Å². The minimum atomic E-state index is -0.551. The van der Waals surface area contributed by atoms with Crippen LogP contribution in [0.25, 0.3) is 0 Å². The lowest BCUT2D eigenvalue weighted by Crippen LogP contribution is -2.23. The van der Waals surface area contributed by atoms with Gasteiger partial charge in [0.1, 0.15) is 0 Å². The van der Waals surface area contributed by atoms with E-state index < -0.39 is 11.9 Å². The predicted molar refractivity (Wildman–Crippen MR) is 54.9 cm³/mol. The van der Waals surface area contributed by atoms with Crippen molar-refractivity contribution < 1.29 is 14.3 Å². The second-order valence-electron chi connectivity index (χ2n) is 3.67. The number of hydrogen-bond donors (Lipinski definition) is 0. The van der Waals surface area contributed by atoms with Crippen LogP contribution in [0.15, 0.2) is 18.2 Å². The van der Waals surface area contributed by atoms with Gasteiger partial charge in [0.15, 0.2) is 0 Å². The summed E-state index contributed by atoms with van der Waals surface area (Å²) < 4.78 is 4.55. The first-order valence-corrected chi connectivity index (χ1v) is 4.63. The molecule has 15 heavy (non-hydrogen) atoms. The van der Waals surface area contributed by atoms with Crippen molar-refractivity contribution in [3.63, 3.8) is 0 Å². The van der Waals surface area contributed by atoms with Crippen LogP contribution in [0.2, 0.25) is 0 Å². The SMILES string of the molecule is CN(C)c1ccc2c(c1)C(=O)OC(=O)C2. The summed E-state index contributed by atoms with van der Waals surface area (Å²) >= 11 is 0. The van der Waals surface area contributed by atoms with Crippen molar-refractivity contribution in [3.8, 4) is 0 Å². The van der Waals surface area contributed by atoms with Crippen molar-refractivity contribution in [2.75, 3.05) is 19.0 Å². The Balaban J connectivity index is 2.48. The quantitative estimate of drug-likeness (QED) is 0.506. The van der Waals surface area contributed by atoms with E-state index in [0.717, 1.165) is 11.3 Å². The maximum absolute atomic E-state index is 11.4. The second kappa shape index (κ2) is 3.38. The van der Waals surface area contributed by atoms with Crippen LogP contribution in [0.5, 0.6) is 0 Å². The van der Waals surface area contributed by atoms with Crippen molar-refractivity contribution in [1.82, 2.24) is 0 Å². The highest BCUT2D eigenvalue weighted by Gasteiger charge is 2.24. The van der Waals surface area contributed by atoms with Crippen molar-refractivity contribution >= 4 is 17.6 Å². The lowest BCUT2D eigenvalue weighted by Gasteiger charge is -2.18. The van der Waals surface area contributed by atoms with Crippen molar-refractivity contribution in [2.45, 2.75) is 6.42 Å². The van der Waals surface area contributed by atoms with Gasteiger partial charge in [0.05, 0.1) is 12.0 Å². The number of hydrogen-bond acceptors (Lipinski definition) is 4. The largest absolute Gasteiger partial charge is 0.389 e. The number of benzene rings is 1. The van der Waals surface area contributed by atoms with E-state index in [1.165, 1.54) is 0 Å². The third kappa shape index (κ3) is 1.70. The highest BCUT2D eigenvalue weighted by Crippen LogP contribution is 2.22. The van der Waals surface area contributed by atoms with Crippen LogP contribution in [-0.4, -0.2) is 26.0 Å². The molecular weight excluding hydrogens is 194 g/mol. The fraction of sp³-hybridized carbons (Fsp3) is 0.273. The fourth-order valence-electron chi connectivity index (χ4n) is 1.54. The second-order valence-corrected chi connectivity index (χ2v) is 3.67. The first-order chi connectivity index (χ1) is 7.08. The molecule has 1 heterocycles. The molecular formula is C11H11NO3. The highest BCUT2D eigenvalue weighted by atomic mass is 16.6. The van der Waals surface area contributed by atoms with E-state index in [1.54, 1.807) is 12.1 Å². The third-order valence-corrected chi connectivity index (χ3v) is 2.37. The molecule has 0 amide bonds. The van der Waals surface area contributed by atoms with Gasteiger partial charge in [0.2, 0.25) is 0 Å². The summed E-state index contributed by atoms with van der Waals surface area (Å²) in [5.74, 6) is -1.03. The molecule has 1 aromatic carbocycles. The van der Waals surface area contributed by atoms with Gasteiger partial charge < -0.3 is 9.64 Å². The lowest BCUT2D eigenvalue weighted by atomic mass is 10.0. The van der Waals surface area contributed by atoms with Gasteiger partial charge in [0.25, 0.3) is 0 Å². The Morgan fingerprint density at radius 1 is 1.27 bits per heavy atom. The highest BCUT2D eigenvalue weighted by molar-refractivity contribution is 6.03. The average molecular weight is 205 g/mol. The summed E-state index contributed by atoms with van der Waals surface area (Å²) in [5.41, 5.74) is 2.14. The molecule has 4 heteroatoms. The maximum atomic E-state index is 11.4. The number of carbonyl (C=O) groups is 2. The maximum Gasteiger partial charge on any atom is 0.346 e. The van der Waals surface area contributed by atoms with Crippen LogP contribution < -0.4 is 4.90 Å². The Kier molecular flexibility index (Phi) is 2.19. The van der Waals surface area contributed by atoms with E-state index in [-0.39, 0.29) is 6.42 Å². The van der Waals surface area contributed by atoms with Gasteiger partial charge in [-0.2, -0.15) is 0 Å². The Hall–Kier alpha value is -1.84. The van der Waals surface area contributed by atoms with Gasteiger partial charge >= 0.3 is 11.9 Å². The smallest absolute Gasteiger partial charge is 0.346 e. The summed E-state index contributed by atoms with van der Waals surface area (Å²) in [6.07, 6.45) is 0.175. The standard InChI is InChI=1S/C11H11NO3/c1-12(2)8-4-3-7-5-10(13)15-11(14)9(7)6-8/h3-4,6H,5H2,1-2H3. The Morgan fingerprint density at radius 2 is 2.00 bits per heavy atom. The number of nitrogens with zero attached hydrogens (tertiary/aromatic N) is 1. The predicted octanol–water partition coefficient (Wildman–Crippen LogP) is 0.992. The number of rotatable bonds is 1. The number of cyclic esters (lactones) is 2. The molecule has 0 aliphatic carbocycles. The van der Waals surface area contributed by atoms with Crippen molar-refractivity contribution in [3.05, 3.63) is 29.3 Å². The summed E-state index contributed by atoms with van der Waals surface area (Å²) in [7, 11) is 3.78. The topological polar surface area (TPSA) is 46.6 Å². The monoisotopic (exact) mass is 205 g/mol. The molecule has 0 atom stereocenters. The van der Waals surface area contributed by atoms with Gasteiger partial charge in [-0.15, -0.1) is 0 Å². The molecule has 1 aliphatic heterocycles. The third-order valence-electron chi connectivity index (χ3n) is 2.37. The van der Waals surface area contributed by atoms with Crippen LogP contribution in [0, 0.1) is 0 Å². The van der Waals surface area contributed by atoms with Crippen molar-refractivity contribution in [2.24, 2.45) is 0 Å². The molecule has 0 radical (unpaired) electrons. The molecule has 0 aromatic heterocycles. The van der Waals surface area contributed by atoms with E-state index in [0.29, 0.717) is 5.56 Å². The number of fused-ring (bicyclic) bond motifs is 1. The zero-order chi connectivity index (χ0) is 11.0. The van der Waals surface area contributed by atoms with Gasteiger partial charge in [0, 0.05) is 19.8 Å². The van der Waals surface area contributed by atoms with Crippen molar-refractivity contribution in [1.29, 1.82) is 0 Å². The average Bonchev–Trinajstić information content (AvgIpc) is 2.16. The molecule has 0 fully saturated rings. The zero-order valence-electron chi connectivity index (χ0n) is 8.61. The zero-order valence-corrected chi connectivity index (χ0v) is 8.61. The molecule has 0 spiro atoms. The van der Waals surface area contributed by atoms with E-state index in [1.807, 2.05) is 25.1 Å². The Morgan fingerprint density at radius 3 is 2.67 bits per heavy atom. The molecule has 0 saturated carbocycles. The first-order valence-electron chi connectivity index (χ1n) is 4.63. The molecule has 1 aromatic rings. The molecule has 0 bridgehead atoms. The van der Waals surface area contributed by atoms with Crippen LogP contribution in [0.3, 0.4) is 0 Å². The minimum Gasteiger partial charge on any atom is -0.389 e. The number of anilines is 1. The summed E-state index contributed by atoms with van der Waals surface area (Å²) in [6.45, 7) is 0. The van der Waals surface area contributed by atoms with E-state index >= 15 is 0 Å². The van der Waals surface area contributed by atoms with Crippen LogP contribution in [0.4, 0.5) is 5.69 Å². The Labute approximate surface area is 87.4 Å². The van der Waals surface area contributed by atoms with E-state index in [4.69, 9.17) is 0 Å². The summed E-state index contributed by atoms with van der Waals surface area (Å²) in [6, 6.07) is 5.41. The number of carbonyl (C=O) groups excluding carboxylic acids is 2. The number of ether oxygens (including phenoxy) is 1. The fourth-order valence-corrected chi connectivity index (χ4v) is 1.54. The molecule has 78 valence electrons. The molecule has 2 rings (SSSR count). The normalized spacial score (nSPS) is 14.5. The van der Waals surface area contributed by atoms with E-state index in [2.05, 4.69) is 4.74 Å². The van der Waals surface area contributed by atoms with Crippen LogP contribution >= 0.6 is 0 Å². The van der Waals surface area contributed by atoms with Gasteiger partial charge in [-0.1, -0.05) is 6.07 Å². The molecule has 1 aliphatic rings. The first kappa shape index (κ1) is 9.71. The van der Waals surface area contributed by atoms with Gasteiger partial charge in [-0.3, -0.25) is 4.79 Å². The van der Waals surface area contributed by atoms with Crippen LogP contribution in [-0.2, 0) is 16.0 Å². The van der Waals surface area contributed by atoms with Gasteiger partial charge in [-0.05, 0) is 17.7 Å². The molecule has 0 unspecified atom stereocenters. The van der Waals surface area contributed by atoms with Crippen LogP contribution in [0.1, 0.15) is 15.9 Å². The molecule has 4 nitrogen and oxygen atoms in total. The lowest BCUT2D eigenvalue weighted by molar-refractivity contribution is -0.137. The molecule has 0 saturated heterocycles. The summed E-state index contributed by atoms with van der Waals surface area (Å²) in [4.78, 5) is 24.3. The Bertz CT molecular complexity index is 437. The summed E-state index contributed by atoms with van der Waals surface area (Å²) in [5, 5.41) is 0.